The summed E-state index contributed by atoms with van der Waals surface area (Å²) in [6.07, 6.45) is 0. The molecule has 0 aliphatic heterocycles. The van der Waals surface area contributed by atoms with Crippen LogP contribution in [0, 0.1) is 17.2 Å². The molecule has 0 radical (unpaired) electrons. The molecule has 3 heteroatoms. The van der Waals surface area contributed by atoms with Gasteiger partial charge in [-0.15, -0.1) is 0 Å². The molecule has 1 N–H and O–H groups in total. The maximum atomic E-state index is 9.49. The van der Waals surface area contributed by atoms with Gasteiger partial charge in [0.05, 0.1) is 11.3 Å². The summed E-state index contributed by atoms with van der Waals surface area (Å²) < 4.78 is 0. The lowest BCUT2D eigenvalue weighted by molar-refractivity contribution is 0.570. The fraction of sp³-hybridized carbons (Fsp3) is 0.611. The summed E-state index contributed by atoms with van der Waals surface area (Å²) in [5.41, 5.74) is 2.99. The van der Waals surface area contributed by atoms with E-state index in [-0.39, 0.29) is 0 Å². The van der Waals surface area contributed by atoms with E-state index >= 15 is 0 Å². The minimum atomic E-state index is 0.388. The van der Waals surface area contributed by atoms with Crippen LogP contribution in [0.1, 0.15) is 52.7 Å². The standard InChI is InChI=1S/C18H29N3/c1-13(2)12-21(15(5)6)18-8-7-16(9-17(18)10-19)11-20-14(3)4/h7-9,13-15,20H,11-12H2,1-6H3. The van der Waals surface area contributed by atoms with Crippen LogP contribution in [0.5, 0.6) is 0 Å². The van der Waals surface area contributed by atoms with Gasteiger partial charge in [0.15, 0.2) is 0 Å². The topological polar surface area (TPSA) is 39.1 Å². The predicted octanol–water partition coefficient (Wildman–Crippen LogP) is 3.93. The second-order valence-corrected chi connectivity index (χ2v) is 6.64. The van der Waals surface area contributed by atoms with Gasteiger partial charge in [-0.3, -0.25) is 0 Å². The number of rotatable bonds is 7. The minimum absolute atomic E-state index is 0.388. The van der Waals surface area contributed by atoms with E-state index in [4.69, 9.17) is 0 Å². The van der Waals surface area contributed by atoms with E-state index in [0.717, 1.165) is 29.9 Å². The first-order chi connectivity index (χ1) is 9.85. The molecular formula is C18H29N3. The Morgan fingerprint density at radius 1 is 1.14 bits per heavy atom. The van der Waals surface area contributed by atoms with Crippen molar-refractivity contribution in [3.05, 3.63) is 29.3 Å². The third-order valence-electron chi connectivity index (χ3n) is 3.39. The van der Waals surface area contributed by atoms with Crippen LogP contribution in [0.4, 0.5) is 5.69 Å². The van der Waals surface area contributed by atoms with Gasteiger partial charge in [0.25, 0.3) is 0 Å². The minimum Gasteiger partial charge on any atom is -0.368 e. The zero-order valence-corrected chi connectivity index (χ0v) is 14.3. The van der Waals surface area contributed by atoms with E-state index in [1.54, 1.807) is 0 Å². The average molecular weight is 287 g/mol. The first-order valence-electron chi connectivity index (χ1n) is 7.88. The van der Waals surface area contributed by atoms with Crippen LogP contribution in [0.25, 0.3) is 0 Å². The molecule has 0 aromatic heterocycles. The maximum Gasteiger partial charge on any atom is 0.101 e. The van der Waals surface area contributed by atoms with E-state index < -0.39 is 0 Å². The summed E-state index contributed by atoms with van der Waals surface area (Å²) in [5.74, 6) is 0.571. The Hall–Kier alpha value is -1.53. The highest BCUT2D eigenvalue weighted by molar-refractivity contribution is 5.61. The van der Waals surface area contributed by atoms with Gasteiger partial charge in [-0.1, -0.05) is 33.8 Å². The quantitative estimate of drug-likeness (QED) is 0.826. The Balaban J connectivity index is 3.04. The van der Waals surface area contributed by atoms with Crippen molar-refractivity contribution in [3.8, 4) is 6.07 Å². The Morgan fingerprint density at radius 3 is 2.29 bits per heavy atom. The number of nitrogens with zero attached hydrogens (tertiary/aromatic N) is 2. The van der Waals surface area contributed by atoms with Gasteiger partial charge in [-0.2, -0.15) is 5.26 Å². The molecule has 0 bridgehead atoms. The molecule has 0 spiro atoms. The van der Waals surface area contributed by atoms with Gasteiger partial charge in [0, 0.05) is 25.2 Å². The van der Waals surface area contributed by atoms with Crippen molar-refractivity contribution in [1.29, 1.82) is 5.26 Å². The van der Waals surface area contributed by atoms with E-state index in [1.165, 1.54) is 0 Å². The molecule has 0 aliphatic rings. The van der Waals surface area contributed by atoms with E-state index in [9.17, 15) is 5.26 Å². The summed E-state index contributed by atoms with van der Waals surface area (Å²) in [5, 5.41) is 12.9. The molecule has 21 heavy (non-hydrogen) atoms. The molecule has 3 nitrogen and oxygen atoms in total. The monoisotopic (exact) mass is 287 g/mol. The van der Waals surface area contributed by atoms with Crippen LogP contribution in [0.3, 0.4) is 0 Å². The number of anilines is 1. The zero-order chi connectivity index (χ0) is 16.0. The Bertz CT molecular complexity index is 484. The summed E-state index contributed by atoms with van der Waals surface area (Å²) in [7, 11) is 0. The second kappa shape index (κ2) is 8.05. The van der Waals surface area contributed by atoms with E-state index in [1.807, 2.05) is 6.07 Å². The van der Waals surface area contributed by atoms with Crippen LogP contribution in [0.2, 0.25) is 0 Å². The Morgan fingerprint density at radius 2 is 1.81 bits per heavy atom. The molecule has 0 unspecified atom stereocenters. The molecule has 1 aromatic carbocycles. The Labute approximate surface area is 130 Å². The SMILES string of the molecule is CC(C)CN(c1ccc(CNC(C)C)cc1C#N)C(C)C. The molecule has 0 saturated carbocycles. The van der Waals surface area contributed by atoms with Gasteiger partial charge in [-0.05, 0) is 37.5 Å². The summed E-state index contributed by atoms with van der Waals surface area (Å²) in [6.45, 7) is 14.8. The molecular weight excluding hydrogens is 258 g/mol. The average Bonchev–Trinajstić information content (AvgIpc) is 2.41. The van der Waals surface area contributed by atoms with Gasteiger partial charge in [-0.25, -0.2) is 0 Å². The van der Waals surface area contributed by atoms with Crippen LogP contribution < -0.4 is 10.2 Å². The molecule has 0 atom stereocenters. The molecule has 0 amide bonds. The van der Waals surface area contributed by atoms with E-state index in [2.05, 4.69) is 70.0 Å². The number of nitrogens with one attached hydrogen (secondary N) is 1. The number of nitriles is 1. The highest BCUT2D eigenvalue weighted by Crippen LogP contribution is 2.24. The third kappa shape index (κ3) is 5.40. The van der Waals surface area contributed by atoms with Crippen LogP contribution in [-0.4, -0.2) is 18.6 Å². The second-order valence-electron chi connectivity index (χ2n) is 6.64. The lowest BCUT2D eigenvalue weighted by Crippen LogP contribution is -2.34. The molecule has 116 valence electrons. The zero-order valence-electron chi connectivity index (χ0n) is 14.3. The van der Waals surface area contributed by atoms with Gasteiger partial charge < -0.3 is 10.2 Å². The Kier molecular flexibility index (Phi) is 6.71. The third-order valence-corrected chi connectivity index (χ3v) is 3.39. The van der Waals surface area contributed by atoms with Crippen molar-refractivity contribution < 1.29 is 0 Å². The van der Waals surface area contributed by atoms with Crippen molar-refractivity contribution in [1.82, 2.24) is 5.32 Å². The highest BCUT2D eigenvalue weighted by Gasteiger charge is 2.16. The van der Waals surface area contributed by atoms with Gasteiger partial charge >= 0.3 is 0 Å². The maximum absolute atomic E-state index is 9.49. The molecule has 0 aliphatic carbocycles. The fourth-order valence-electron chi connectivity index (χ4n) is 2.34. The highest BCUT2D eigenvalue weighted by atomic mass is 15.2. The lowest BCUT2D eigenvalue weighted by atomic mass is 10.1. The number of hydrogen-bond acceptors (Lipinski definition) is 3. The lowest BCUT2D eigenvalue weighted by Gasteiger charge is -2.31. The molecule has 1 rings (SSSR count). The van der Waals surface area contributed by atoms with Crippen molar-refractivity contribution in [2.24, 2.45) is 5.92 Å². The first kappa shape index (κ1) is 17.5. The number of hydrogen-bond donors (Lipinski definition) is 1. The van der Waals surface area contributed by atoms with Gasteiger partial charge in [0.2, 0.25) is 0 Å². The normalized spacial score (nSPS) is 11.2. The number of benzene rings is 1. The van der Waals surface area contributed by atoms with Crippen molar-refractivity contribution in [2.45, 2.75) is 60.2 Å². The van der Waals surface area contributed by atoms with Gasteiger partial charge in [0.1, 0.15) is 6.07 Å². The largest absolute Gasteiger partial charge is 0.368 e. The summed E-state index contributed by atoms with van der Waals surface area (Å²) in [4.78, 5) is 2.32. The van der Waals surface area contributed by atoms with Crippen LogP contribution >= 0.6 is 0 Å². The molecule has 1 aromatic rings. The molecule has 0 fully saturated rings. The fourth-order valence-corrected chi connectivity index (χ4v) is 2.34. The first-order valence-corrected chi connectivity index (χ1v) is 7.88. The van der Waals surface area contributed by atoms with E-state index in [0.29, 0.717) is 18.0 Å². The predicted molar refractivity (Wildman–Crippen MR) is 90.5 cm³/mol. The van der Waals surface area contributed by atoms with Crippen molar-refractivity contribution in [2.75, 3.05) is 11.4 Å². The van der Waals surface area contributed by atoms with Crippen molar-refractivity contribution in [3.63, 3.8) is 0 Å². The van der Waals surface area contributed by atoms with Crippen LogP contribution in [-0.2, 0) is 6.54 Å². The molecule has 0 heterocycles. The summed E-state index contributed by atoms with van der Waals surface area (Å²) in [6, 6.07) is 9.43. The summed E-state index contributed by atoms with van der Waals surface area (Å²) >= 11 is 0. The molecule has 0 saturated heterocycles. The smallest absolute Gasteiger partial charge is 0.101 e. The van der Waals surface area contributed by atoms with Crippen LogP contribution in [0.15, 0.2) is 18.2 Å². The van der Waals surface area contributed by atoms with Crippen molar-refractivity contribution >= 4 is 5.69 Å².